The highest BCUT2D eigenvalue weighted by Crippen LogP contribution is 2.25. The number of rotatable bonds is 7. The van der Waals surface area contributed by atoms with Crippen molar-refractivity contribution in [3.63, 3.8) is 0 Å². The number of ether oxygens (including phenoxy) is 1. The predicted molar refractivity (Wildman–Crippen MR) is 123 cm³/mol. The fourth-order valence-electron chi connectivity index (χ4n) is 3.77. The largest absolute Gasteiger partial charge is 0.465 e. The smallest absolute Gasteiger partial charge is 0.337 e. The second-order valence-corrected chi connectivity index (χ2v) is 10.1. The van der Waals surface area contributed by atoms with E-state index in [1.165, 1.54) is 35.7 Å². The van der Waals surface area contributed by atoms with E-state index in [0.29, 0.717) is 41.3 Å². The molecule has 1 aliphatic rings. The fourth-order valence-corrected chi connectivity index (χ4v) is 5.39. The van der Waals surface area contributed by atoms with Crippen molar-refractivity contribution in [3.05, 3.63) is 48.0 Å². The summed E-state index contributed by atoms with van der Waals surface area (Å²) in [6, 6.07) is 10.7. The van der Waals surface area contributed by atoms with E-state index in [0.717, 1.165) is 17.7 Å². The number of nitrogens with one attached hydrogen (secondary N) is 1. The SMILES string of the molecule is COC(=O)c1ccc(NC(=O)COn2nnc3ccc(S(=O)(=O)N4CCCC(C)C4)cc32)cc1. The summed E-state index contributed by atoms with van der Waals surface area (Å²) in [5, 5.41) is 10.5. The molecule has 0 radical (unpaired) electrons. The standard InChI is InChI=1S/C22H25N5O6S/c1-15-4-3-11-26(13-15)34(30,31)18-9-10-19-20(12-18)27(25-24-19)33-14-21(28)23-17-7-5-16(6-8-17)22(29)32-2/h5-10,12,15H,3-4,11,13-14H2,1-2H3,(H,23,28). The summed E-state index contributed by atoms with van der Waals surface area (Å²) in [5.41, 5.74) is 1.59. The number of sulfonamides is 1. The summed E-state index contributed by atoms with van der Waals surface area (Å²) in [6.07, 6.45) is 1.83. The first kappa shape index (κ1) is 23.6. The van der Waals surface area contributed by atoms with E-state index >= 15 is 0 Å². The van der Waals surface area contributed by atoms with Gasteiger partial charge in [-0.1, -0.05) is 11.8 Å². The van der Waals surface area contributed by atoms with Crippen LogP contribution < -0.4 is 10.2 Å². The van der Waals surface area contributed by atoms with Gasteiger partial charge in [0.15, 0.2) is 6.61 Å². The van der Waals surface area contributed by atoms with Gasteiger partial charge in [0.05, 0.1) is 17.6 Å². The van der Waals surface area contributed by atoms with E-state index < -0.39 is 28.5 Å². The third kappa shape index (κ3) is 5.02. The number of hydrogen-bond donors (Lipinski definition) is 1. The quantitative estimate of drug-likeness (QED) is 0.498. The van der Waals surface area contributed by atoms with Crippen molar-refractivity contribution in [2.75, 3.05) is 32.1 Å². The molecule has 0 saturated carbocycles. The van der Waals surface area contributed by atoms with Crippen molar-refractivity contribution in [1.82, 2.24) is 19.5 Å². The molecule has 3 aromatic rings. The van der Waals surface area contributed by atoms with E-state index in [1.807, 2.05) is 6.92 Å². The summed E-state index contributed by atoms with van der Waals surface area (Å²) in [5.74, 6) is -0.644. The first-order valence-corrected chi connectivity index (χ1v) is 12.2. The van der Waals surface area contributed by atoms with Gasteiger partial charge in [-0.25, -0.2) is 13.2 Å². The molecule has 0 bridgehead atoms. The molecule has 1 saturated heterocycles. The van der Waals surface area contributed by atoms with E-state index in [9.17, 15) is 18.0 Å². The predicted octanol–water partition coefficient (Wildman–Crippen LogP) is 1.71. The molecule has 2 heterocycles. The van der Waals surface area contributed by atoms with Crippen LogP contribution in [0.5, 0.6) is 0 Å². The number of esters is 1. The Balaban J connectivity index is 1.44. The highest BCUT2D eigenvalue weighted by molar-refractivity contribution is 7.89. The lowest BCUT2D eigenvalue weighted by atomic mass is 10.0. The van der Waals surface area contributed by atoms with Crippen LogP contribution in [0.1, 0.15) is 30.1 Å². The van der Waals surface area contributed by atoms with Gasteiger partial charge < -0.3 is 14.9 Å². The van der Waals surface area contributed by atoms with Gasteiger partial charge in [0.2, 0.25) is 10.0 Å². The summed E-state index contributed by atoms with van der Waals surface area (Å²) in [6.45, 7) is 2.61. The van der Waals surface area contributed by atoms with E-state index in [2.05, 4.69) is 20.4 Å². The molecule has 1 N–H and O–H groups in total. The minimum Gasteiger partial charge on any atom is -0.465 e. The summed E-state index contributed by atoms with van der Waals surface area (Å²) < 4.78 is 32.3. The highest BCUT2D eigenvalue weighted by atomic mass is 32.2. The Morgan fingerprint density at radius 2 is 1.94 bits per heavy atom. The molecule has 1 unspecified atom stereocenters. The summed E-state index contributed by atoms with van der Waals surface area (Å²) >= 11 is 0. The summed E-state index contributed by atoms with van der Waals surface area (Å²) in [4.78, 5) is 30.4. The topological polar surface area (TPSA) is 133 Å². The van der Waals surface area contributed by atoms with E-state index in [1.54, 1.807) is 18.2 Å². The minimum atomic E-state index is -3.67. The Hall–Kier alpha value is -3.51. The van der Waals surface area contributed by atoms with Crippen LogP contribution in [-0.4, -0.2) is 66.6 Å². The number of piperidine rings is 1. The number of fused-ring (bicyclic) bond motifs is 1. The zero-order valence-electron chi connectivity index (χ0n) is 18.8. The maximum Gasteiger partial charge on any atom is 0.337 e. The molecule has 11 nitrogen and oxygen atoms in total. The van der Waals surface area contributed by atoms with Crippen LogP contribution in [0.15, 0.2) is 47.4 Å². The van der Waals surface area contributed by atoms with E-state index in [-0.39, 0.29) is 4.90 Å². The molecule has 1 fully saturated rings. The van der Waals surface area contributed by atoms with Crippen LogP contribution in [0.2, 0.25) is 0 Å². The first-order chi connectivity index (χ1) is 16.3. The number of benzene rings is 2. The van der Waals surface area contributed by atoms with Gasteiger partial charge >= 0.3 is 5.97 Å². The third-order valence-corrected chi connectivity index (χ3v) is 7.41. The molecule has 1 atom stereocenters. The third-order valence-electron chi connectivity index (χ3n) is 5.55. The Morgan fingerprint density at radius 1 is 1.18 bits per heavy atom. The Kier molecular flexibility index (Phi) is 6.80. The number of anilines is 1. The number of nitrogens with zero attached hydrogens (tertiary/aromatic N) is 4. The molecule has 1 aliphatic heterocycles. The Morgan fingerprint density at radius 3 is 2.65 bits per heavy atom. The van der Waals surface area contributed by atoms with Crippen LogP contribution in [0, 0.1) is 5.92 Å². The van der Waals surface area contributed by atoms with Gasteiger partial charge in [0.1, 0.15) is 11.0 Å². The molecule has 1 aromatic heterocycles. The molecule has 180 valence electrons. The van der Waals surface area contributed by atoms with Crippen molar-refractivity contribution >= 4 is 38.6 Å². The maximum absolute atomic E-state index is 13.1. The zero-order valence-corrected chi connectivity index (χ0v) is 19.6. The summed E-state index contributed by atoms with van der Waals surface area (Å²) in [7, 11) is -2.38. The molecule has 0 aliphatic carbocycles. The monoisotopic (exact) mass is 487 g/mol. The molecular weight excluding hydrogens is 462 g/mol. The fraction of sp³-hybridized carbons (Fsp3) is 0.364. The normalized spacial score (nSPS) is 16.8. The lowest BCUT2D eigenvalue weighted by molar-refractivity contribution is -0.121. The van der Waals surface area contributed by atoms with Crippen molar-refractivity contribution in [3.8, 4) is 0 Å². The molecule has 0 spiro atoms. The second kappa shape index (κ2) is 9.77. The van der Waals surface area contributed by atoms with Crippen molar-refractivity contribution in [1.29, 1.82) is 0 Å². The molecular formula is C22H25N5O6S. The molecule has 1 amide bonds. The lowest BCUT2D eigenvalue weighted by Gasteiger charge is -2.30. The van der Waals surface area contributed by atoms with Gasteiger partial charge in [0, 0.05) is 18.8 Å². The number of aromatic nitrogens is 3. The first-order valence-electron chi connectivity index (χ1n) is 10.7. The van der Waals surface area contributed by atoms with Crippen LogP contribution in [-0.2, 0) is 19.6 Å². The zero-order chi connectivity index (χ0) is 24.3. The number of hydrogen-bond acceptors (Lipinski definition) is 8. The minimum absolute atomic E-state index is 0.122. The van der Waals surface area contributed by atoms with Gasteiger partial charge in [-0.05, 0) is 66.4 Å². The molecule has 12 heteroatoms. The van der Waals surface area contributed by atoms with Crippen LogP contribution in [0.25, 0.3) is 11.0 Å². The van der Waals surface area contributed by atoms with Crippen molar-refractivity contribution in [2.45, 2.75) is 24.7 Å². The van der Waals surface area contributed by atoms with Crippen molar-refractivity contribution < 1.29 is 27.6 Å². The van der Waals surface area contributed by atoms with Crippen LogP contribution >= 0.6 is 0 Å². The number of carbonyl (C=O) groups excluding carboxylic acids is 2. The Labute approximate surface area is 196 Å². The molecule has 2 aromatic carbocycles. The van der Waals surface area contributed by atoms with Gasteiger partial charge in [-0.2, -0.15) is 4.31 Å². The van der Waals surface area contributed by atoms with Gasteiger partial charge in [-0.3, -0.25) is 4.79 Å². The Bertz CT molecular complexity index is 1310. The lowest BCUT2D eigenvalue weighted by Crippen LogP contribution is -2.39. The number of carbonyl (C=O) groups is 2. The van der Waals surface area contributed by atoms with Gasteiger partial charge in [-0.15, -0.1) is 5.10 Å². The second-order valence-electron chi connectivity index (χ2n) is 8.11. The maximum atomic E-state index is 13.1. The average Bonchev–Trinajstić information content (AvgIpc) is 3.25. The molecule has 4 rings (SSSR count). The van der Waals surface area contributed by atoms with Crippen LogP contribution in [0.4, 0.5) is 5.69 Å². The van der Waals surface area contributed by atoms with E-state index in [4.69, 9.17) is 4.84 Å². The van der Waals surface area contributed by atoms with Gasteiger partial charge in [0.25, 0.3) is 5.91 Å². The highest BCUT2D eigenvalue weighted by Gasteiger charge is 2.29. The number of methoxy groups -OCH3 is 1. The van der Waals surface area contributed by atoms with Crippen molar-refractivity contribution in [2.24, 2.45) is 5.92 Å². The molecule has 34 heavy (non-hydrogen) atoms. The number of amides is 1. The van der Waals surface area contributed by atoms with Crippen LogP contribution in [0.3, 0.4) is 0 Å². The average molecular weight is 488 g/mol.